The third-order valence-corrected chi connectivity index (χ3v) is 6.27. The van der Waals surface area contributed by atoms with Crippen molar-refractivity contribution in [3.8, 4) is 0 Å². The van der Waals surface area contributed by atoms with Gasteiger partial charge in [-0.2, -0.15) is 0 Å². The molecule has 0 aliphatic carbocycles. The summed E-state index contributed by atoms with van der Waals surface area (Å²) in [5, 5.41) is 3.01. The van der Waals surface area contributed by atoms with Crippen molar-refractivity contribution >= 4 is 17.6 Å². The van der Waals surface area contributed by atoms with E-state index in [1.54, 1.807) is 4.90 Å². The lowest BCUT2D eigenvalue weighted by atomic mass is 9.85. The molecule has 2 aliphatic rings. The molecule has 0 saturated carbocycles. The van der Waals surface area contributed by atoms with Gasteiger partial charge in [-0.3, -0.25) is 4.79 Å². The van der Waals surface area contributed by atoms with Gasteiger partial charge >= 0.3 is 6.03 Å². The standard InChI is InChI=1S/C24H29N3O2/c1-2-19-10-12-21(13-11-19)25-23(29)27-17-7-15-24(27)14-6-16-26(22(24)28)18-20-8-4-3-5-9-20/h3-5,8-13H,2,6-7,14-18H2,1H3,(H,25,29). The number of nitrogens with zero attached hydrogens (tertiary/aromatic N) is 2. The van der Waals surface area contributed by atoms with Crippen molar-refractivity contribution in [1.29, 1.82) is 0 Å². The van der Waals surface area contributed by atoms with E-state index in [2.05, 4.69) is 12.2 Å². The minimum absolute atomic E-state index is 0.0987. The van der Waals surface area contributed by atoms with Crippen LogP contribution in [0.3, 0.4) is 0 Å². The minimum atomic E-state index is -0.694. The van der Waals surface area contributed by atoms with Gasteiger partial charge < -0.3 is 15.1 Å². The van der Waals surface area contributed by atoms with E-state index < -0.39 is 5.54 Å². The molecule has 2 heterocycles. The molecule has 1 N–H and O–H groups in total. The van der Waals surface area contributed by atoms with Gasteiger partial charge in [0.2, 0.25) is 5.91 Å². The zero-order valence-electron chi connectivity index (χ0n) is 17.1. The van der Waals surface area contributed by atoms with Gasteiger partial charge in [0, 0.05) is 25.3 Å². The number of aryl methyl sites for hydroxylation is 1. The van der Waals surface area contributed by atoms with Crippen LogP contribution in [-0.2, 0) is 17.8 Å². The van der Waals surface area contributed by atoms with Crippen LogP contribution in [0.2, 0.25) is 0 Å². The summed E-state index contributed by atoms with van der Waals surface area (Å²) in [4.78, 5) is 30.3. The van der Waals surface area contributed by atoms with Crippen molar-refractivity contribution in [2.45, 2.75) is 51.1 Å². The molecule has 5 nitrogen and oxygen atoms in total. The van der Waals surface area contributed by atoms with Crippen molar-refractivity contribution < 1.29 is 9.59 Å². The topological polar surface area (TPSA) is 52.7 Å². The Kier molecular flexibility index (Phi) is 5.56. The van der Waals surface area contributed by atoms with Gasteiger partial charge in [0.1, 0.15) is 5.54 Å². The van der Waals surface area contributed by atoms with Crippen molar-refractivity contribution in [1.82, 2.24) is 9.80 Å². The van der Waals surface area contributed by atoms with Gasteiger partial charge in [0.15, 0.2) is 0 Å². The molecule has 1 unspecified atom stereocenters. The number of nitrogens with one attached hydrogen (secondary N) is 1. The maximum Gasteiger partial charge on any atom is 0.322 e. The summed E-state index contributed by atoms with van der Waals surface area (Å²) in [6.07, 6.45) is 4.26. The number of urea groups is 1. The summed E-state index contributed by atoms with van der Waals surface area (Å²) in [7, 11) is 0. The van der Waals surface area contributed by atoms with E-state index in [9.17, 15) is 9.59 Å². The highest BCUT2D eigenvalue weighted by Gasteiger charge is 2.52. The van der Waals surface area contributed by atoms with Gasteiger partial charge in [0.25, 0.3) is 0 Å². The average Bonchev–Trinajstić information content (AvgIpc) is 3.17. The predicted molar refractivity (Wildman–Crippen MR) is 115 cm³/mol. The van der Waals surface area contributed by atoms with Gasteiger partial charge in [-0.05, 0) is 55.4 Å². The summed E-state index contributed by atoms with van der Waals surface area (Å²) in [5.41, 5.74) is 2.45. The zero-order valence-corrected chi connectivity index (χ0v) is 17.1. The van der Waals surface area contributed by atoms with Crippen LogP contribution in [0, 0.1) is 0 Å². The number of likely N-dealkylation sites (tertiary alicyclic amines) is 2. The summed E-state index contributed by atoms with van der Waals surface area (Å²) in [6.45, 7) is 4.10. The van der Waals surface area contributed by atoms with Crippen molar-refractivity contribution in [2.24, 2.45) is 0 Å². The third kappa shape index (κ3) is 3.86. The van der Waals surface area contributed by atoms with E-state index in [0.29, 0.717) is 13.1 Å². The van der Waals surface area contributed by atoms with Crippen molar-refractivity contribution in [3.63, 3.8) is 0 Å². The first kappa shape index (κ1) is 19.5. The molecule has 2 aromatic rings. The fraction of sp³-hybridized carbons (Fsp3) is 0.417. The van der Waals surface area contributed by atoms with Crippen LogP contribution in [0.25, 0.3) is 0 Å². The number of benzene rings is 2. The second-order valence-corrected chi connectivity index (χ2v) is 8.08. The minimum Gasteiger partial charge on any atom is -0.336 e. The Hall–Kier alpha value is -2.82. The lowest BCUT2D eigenvalue weighted by Gasteiger charge is -2.44. The monoisotopic (exact) mass is 391 g/mol. The average molecular weight is 392 g/mol. The molecule has 2 saturated heterocycles. The molecule has 2 aromatic carbocycles. The highest BCUT2D eigenvalue weighted by molar-refractivity contribution is 5.97. The number of carbonyl (C=O) groups excluding carboxylic acids is 2. The number of rotatable bonds is 4. The summed E-state index contributed by atoms with van der Waals surface area (Å²) >= 11 is 0. The molecule has 5 heteroatoms. The fourth-order valence-electron chi connectivity index (χ4n) is 4.69. The van der Waals surface area contributed by atoms with Gasteiger partial charge in [-0.25, -0.2) is 4.79 Å². The van der Waals surface area contributed by atoms with Gasteiger partial charge in [-0.1, -0.05) is 49.4 Å². The second-order valence-electron chi connectivity index (χ2n) is 8.08. The molecule has 0 bridgehead atoms. The number of carbonyl (C=O) groups is 2. The predicted octanol–water partition coefficient (Wildman–Crippen LogP) is 4.44. The van der Waals surface area contributed by atoms with E-state index in [-0.39, 0.29) is 11.9 Å². The van der Waals surface area contributed by atoms with Crippen molar-refractivity contribution in [3.05, 3.63) is 65.7 Å². The molecular weight excluding hydrogens is 362 g/mol. The molecule has 3 amide bonds. The fourth-order valence-corrected chi connectivity index (χ4v) is 4.69. The Labute approximate surface area is 172 Å². The highest BCUT2D eigenvalue weighted by atomic mass is 16.2. The SMILES string of the molecule is CCc1ccc(NC(=O)N2CCCC23CCCN(Cc2ccccc2)C3=O)cc1. The van der Waals surface area contributed by atoms with Crippen LogP contribution < -0.4 is 5.32 Å². The van der Waals surface area contributed by atoms with Crippen LogP contribution in [0.1, 0.15) is 43.7 Å². The molecular formula is C24H29N3O2. The maximum absolute atomic E-state index is 13.5. The Morgan fingerprint density at radius 2 is 1.66 bits per heavy atom. The number of hydrogen-bond donors (Lipinski definition) is 1. The van der Waals surface area contributed by atoms with E-state index in [4.69, 9.17) is 0 Å². The first-order chi connectivity index (χ1) is 14.1. The Morgan fingerprint density at radius 3 is 2.34 bits per heavy atom. The molecule has 0 aromatic heterocycles. The molecule has 1 atom stereocenters. The number of hydrogen-bond acceptors (Lipinski definition) is 2. The highest BCUT2D eigenvalue weighted by Crippen LogP contribution is 2.39. The normalized spacial score (nSPS) is 21.6. The lowest BCUT2D eigenvalue weighted by molar-refractivity contribution is -0.146. The maximum atomic E-state index is 13.5. The molecule has 2 fully saturated rings. The third-order valence-electron chi connectivity index (χ3n) is 6.27. The smallest absolute Gasteiger partial charge is 0.322 e. The number of amides is 3. The molecule has 152 valence electrons. The van der Waals surface area contributed by atoms with Crippen LogP contribution in [-0.4, -0.2) is 40.4 Å². The first-order valence-electron chi connectivity index (χ1n) is 10.6. The molecule has 4 rings (SSSR count). The second kappa shape index (κ2) is 8.27. The van der Waals surface area contributed by atoms with Crippen LogP contribution in [0.4, 0.5) is 10.5 Å². The Bertz CT molecular complexity index is 865. The summed E-state index contributed by atoms with van der Waals surface area (Å²) in [6, 6.07) is 17.8. The Balaban J connectivity index is 1.50. The van der Waals surface area contributed by atoms with Gasteiger partial charge in [-0.15, -0.1) is 0 Å². The summed E-state index contributed by atoms with van der Waals surface area (Å²) in [5.74, 6) is 0.0987. The Morgan fingerprint density at radius 1 is 0.966 bits per heavy atom. The van der Waals surface area contributed by atoms with E-state index in [0.717, 1.165) is 49.9 Å². The quantitative estimate of drug-likeness (QED) is 0.838. The molecule has 29 heavy (non-hydrogen) atoms. The van der Waals surface area contributed by atoms with Crippen LogP contribution >= 0.6 is 0 Å². The summed E-state index contributed by atoms with van der Waals surface area (Å²) < 4.78 is 0. The number of piperidine rings is 1. The van der Waals surface area contributed by atoms with Crippen molar-refractivity contribution in [2.75, 3.05) is 18.4 Å². The van der Waals surface area contributed by atoms with E-state index >= 15 is 0 Å². The van der Waals surface area contributed by atoms with Gasteiger partial charge in [0.05, 0.1) is 0 Å². The lowest BCUT2D eigenvalue weighted by Crippen LogP contribution is -2.61. The zero-order chi connectivity index (χ0) is 20.3. The number of anilines is 1. The largest absolute Gasteiger partial charge is 0.336 e. The van der Waals surface area contributed by atoms with Crippen LogP contribution in [0.5, 0.6) is 0 Å². The first-order valence-corrected chi connectivity index (χ1v) is 10.6. The van der Waals surface area contributed by atoms with E-state index in [1.807, 2.05) is 59.5 Å². The van der Waals surface area contributed by atoms with E-state index in [1.165, 1.54) is 5.56 Å². The van der Waals surface area contributed by atoms with Crippen LogP contribution in [0.15, 0.2) is 54.6 Å². The molecule has 2 aliphatic heterocycles. The molecule has 1 spiro atoms. The molecule has 0 radical (unpaired) electrons.